The van der Waals surface area contributed by atoms with Crippen molar-refractivity contribution in [2.45, 2.75) is 33.2 Å². The fourth-order valence-corrected chi connectivity index (χ4v) is 1.24. The third-order valence-electron chi connectivity index (χ3n) is 2.01. The Hall–Kier alpha value is -0.680. The Labute approximate surface area is 96.8 Å². The molecule has 88 valence electrons. The van der Waals surface area contributed by atoms with Crippen LogP contribution in [-0.2, 0) is 9.53 Å². The molecule has 0 radical (unpaired) electrons. The molecule has 0 aromatic rings. The van der Waals surface area contributed by atoms with Crippen LogP contribution in [0.5, 0.6) is 0 Å². The number of carbonyl (C=O) groups is 1. The summed E-state index contributed by atoms with van der Waals surface area (Å²) < 4.78 is 4.88. The zero-order chi connectivity index (χ0) is 11.8. The first-order chi connectivity index (χ1) is 6.97. The van der Waals surface area contributed by atoms with Crippen LogP contribution >= 0.6 is 12.2 Å². The molecule has 0 heterocycles. The number of thiocarbonyl (C=S) groups is 1. The summed E-state index contributed by atoms with van der Waals surface area (Å²) >= 11 is 4.80. The van der Waals surface area contributed by atoms with E-state index in [1.54, 1.807) is 6.92 Å². The molecule has 15 heavy (non-hydrogen) atoms. The van der Waals surface area contributed by atoms with Gasteiger partial charge < -0.3 is 10.5 Å². The van der Waals surface area contributed by atoms with Crippen molar-refractivity contribution in [2.24, 2.45) is 5.73 Å². The minimum absolute atomic E-state index is 0.200. The first kappa shape index (κ1) is 14.3. The first-order valence-corrected chi connectivity index (χ1v) is 5.56. The summed E-state index contributed by atoms with van der Waals surface area (Å²) in [4.78, 5) is 13.7. The van der Waals surface area contributed by atoms with Gasteiger partial charge in [0.25, 0.3) is 0 Å². The van der Waals surface area contributed by atoms with Crippen LogP contribution in [0.1, 0.15) is 27.2 Å². The second kappa shape index (κ2) is 7.59. The van der Waals surface area contributed by atoms with Crippen molar-refractivity contribution in [3.63, 3.8) is 0 Å². The van der Waals surface area contributed by atoms with Crippen LogP contribution in [0.15, 0.2) is 0 Å². The van der Waals surface area contributed by atoms with E-state index < -0.39 is 0 Å². The van der Waals surface area contributed by atoms with Crippen molar-refractivity contribution in [1.29, 1.82) is 0 Å². The van der Waals surface area contributed by atoms with Gasteiger partial charge >= 0.3 is 5.97 Å². The van der Waals surface area contributed by atoms with E-state index in [0.717, 1.165) is 0 Å². The molecule has 2 N–H and O–H groups in total. The maximum atomic E-state index is 11.3. The molecule has 0 spiro atoms. The highest BCUT2D eigenvalue weighted by Gasteiger charge is 2.14. The molecular weight excluding hydrogens is 212 g/mol. The van der Waals surface area contributed by atoms with Crippen molar-refractivity contribution in [3.8, 4) is 0 Å². The third-order valence-corrected chi connectivity index (χ3v) is 2.22. The number of ether oxygens (including phenoxy) is 1. The van der Waals surface area contributed by atoms with E-state index in [0.29, 0.717) is 31.1 Å². The fraction of sp³-hybridized carbons (Fsp3) is 0.800. The van der Waals surface area contributed by atoms with Gasteiger partial charge in [-0.2, -0.15) is 0 Å². The van der Waals surface area contributed by atoms with Crippen LogP contribution in [0, 0.1) is 0 Å². The largest absolute Gasteiger partial charge is 0.465 e. The van der Waals surface area contributed by atoms with E-state index in [9.17, 15) is 4.79 Å². The molecule has 0 saturated heterocycles. The molecule has 0 saturated carbocycles. The summed E-state index contributed by atoms with van der Waals surface area (Å²) in [6, 6.07) is 0.281. The molecule has 0 unspecified atom stereocenters. The van der Waals surface area contributed by atoms with Crippen molar-refractivity contribution in [2.75, 3.05) is 19.7 Å². The number of nitrogens with two attached hydrogens (primary N) is 1. The van der Waals surface area contributed by atoms with Crippen molar-refractivity contribution >= 4 is 23.2 Å². The van der Waals surface area contributed by atoms with E-state index in [1.165, 1.54) is 0 Å². The van der Waals surface area contributed by atoms with Crippen LogP contribution in [0.4, 0.5) is 0 Å². The lowest BCUT2D eigenvalue weighted by Gasteiger charge is -2.24. The van der Waals surface area contributed by atoms with Gasteiger partial charge in [-0.3, -0.25) is 9.69 Å². The Kier molecular flexibility index (Phi) is 7.25. The molecule has 5 heteroatoms. The fourth-order valence-electron chi connectivity index (χ4n) is 1.15. The highest BCUT2D eigenvalue weighted by atomic mass is 32.1. The summed E-state index contributed by atoms with van der Waals surface area (Å²) in [6.07, 6.45) is 0.632. The quantitative estimate of drug-likeness (QED) is 0.523. The summed E-state index contributed by atoms with van der Waals surface area (Å²) in [5, 5.41) is 0. The molecule has 0 rings (SSSR count). The van der Waals surface area contributed by atoms with Gasteiger partial charge in [0, 0.05) is 19.0 Å². The van der Waals surface area contributed by atoms with Crippen LogP contribution < -0.4 is 5.73 Å². The predicted octanol–water partition coefficient (Wildman–Crippen LogP) is 0.936. The number of hydrogen-bond donors (Lipinski definition) is 1. The predicted molar refractivity (Wildman–Crippen MR) is 64.7 cm³/mol. The summed E-state index contributed by atoms with van der Waals surface area (Å²) in [7, 11) is 0. The Morgan fingerprint density at radius 2 is 2.13 bits per heavy atom. The highest BCUT2D eigenvalue weighted by molar-refractivity contribution is 7.80. The van der Waals surface area contributed by atoms with E-state index in [1.807, 2.05) is 18.7 Å². The van der Waals surface area contributed by atoms with Crippen molar-refractivity contribution < 1.29 is 9.53 Å². The minimum Gasteiger partial charge on any atom is -0.465 e. The number of nitrogens with zero attached hydrogens (tertiary/aromatic N) is 1. The molecule has 0 aliphatic rings. The molecule has 0 aliphatic heterocycles. The molecule has 0 aromatic carbocycles. The second-order valence-corrected chi connectivity index (χ2v) is 4.11. The highest BCUT2D eigenvalue weighted by Crippen LogP contribution is 2.00. The first-order valence-electron chi connectivity index (χ1n) is 5.15. The van der Waals surface area contributed by atoms with Gasteiger partial charge in [-0.05, 0) is 20.8 Å². The van der Waals surface area contributed by atoms with Gasteiger partial charge in [-0.15, -0.1) is 0 Å². The Morgan fingerprint density at radius 3 is 2.53 bits per heavy atom. The molecular formula is C10H20N2O2S. The summed E-state index contributed by atoms with van der Waals surface area (Å²) in [5.41, 5.74) is 5.42. The van der Waals surface area contributed by atoms with Crippen LogP contribution in [0.3, 0.4) is 0 Å². The topological polar surface area (TPSA) is 55.6 Å². The third kappa shape index (κ3) is 7.27. The lowest BCUT2D eigenvalue weighted by atomic mass is 10.3. The minimum atomic E-state index is -0.200. The zero-order valence-corrected chi connectivity index (χ0v) is 10.5. The van der Waals surface area contributed by atoms with Crippen molar-refractivity contribution in [1.82, 2.24) is 4.90 Å². The molecule has 0 amide bonds. The lowest BCUT2D eigenvalue weighted by molar-refractivity contribution is -0.144. The van der Waals surface area contributed by atoms with E-state index in [4.69, 9.17) is 22.7 Å². The number of carbonyl (C=O) groups excluding carboxylic acids is 1. The standard InChI is InChI=1S/C10H20N2O2S/c1-4-14-10(13)7-12(8(2)3)6-5-9(11)15/h8H,4-7H2,1-3H3,(H2,11,15). The summed E-state index contributed by atoms with van der Waals surface area (Å²) in [6.45, 7) is 7.27. The Bertz CT molecular complexity index is 219. The average Bonchev–Trinajstić information content (AvgIpc) is 2.11. The van der Waals surface area contributed by atoms with Gasteiger partial charge in [0.1, 0.15) is 0 Å². The molecule has 4 nitrogen and oxygen atoms in total. The van der Waals surface area contributed by atoms with Crippen LogP contribution in [-0.4, -0.2) is 41.6 Å². The van der Waals surface area contributed by atoms with Gasteiger partial charge in [-0.1, -0.05) is 12.2 Å². The monoisotopic (exact) mass is 232 g/mol. The van der Waals surface area contributed by atoms with Crippen LogP contribution in [0.25, 0.3) is 0 Å². The average molecular weight is 232 g/mol. The molecule has 0 fully saturated rings. The molecule has 0 aliphatic carbocycles. The van der Waals surface area contributed by atoms with Crippen molar-refractivity contribution in [3.05, 3.63) is 0 Å². The maximum absolute atomic E-state index is 11.3. The van der Waals surface area contributed by atoms with E-state index in [-0.39, 0.29) is 12.0 Å². The number of rotatable bonds is 7. The smallest absolute Gasteiger partial charge is 0.320 e. The maximum Gasteiger partial charge on any atom is 0.320 e. The Balaban J connectivity index is 4.04. The number of esters is 1. The number of hydrogen-bond acceptors (Lipinski definition) is 4. The van der Waals surface area contributed by atoms with Gasteiger partial charge in [0.2, 0.25) is 0 Å². The second-order valence-electron chi connectivity index (χ2n) is 3.59. The molecule has 0 bridgehead atoms. The van der Waals surface area contributed by atoms with Gasteiger partial charge in [0.05, 0.1) is 18.1 Å². The SMILES string of the molecule is CCOC(=O)CN(CCC(N)=S)C(C)C. The zero-order valence-electron chi connectivity index (χ0n) is 9.66. The van der Waals surface area contributed by atoms with Crippen LogP contribution in [0.2, 0.25) is 0 Å². The van der Waals surface area contributed by atoms with E-state index >= 15 is 0 Å². The molecule has 0 atom stereocenters. The Morgan fingerprint density at radius 1 is 1.53 bits per heavy atom. The van der Waals surface area contributed by atoms with E-state index in [2.05, 4.69) is 0 Å². The summed E-state index contributed by atoms with van der Waals surface area (Å²) in [5.74, 6) is -0.200. The normalized spacial score (nSPS) is 10.7. The van der Waals surface area contributed by atoms with Gasteiger partial charge in [-0.25, -0.2) is 0 Å². The molecule has 0 aromatic heterocycles. The van der Waals surface area contributed by atoms with Gasteiger partial charge in [0.15, 0.2) is 0 Å². The lowest BCUT2D eigenvalue weighted by Crippen LogP contribution is -2.38.